The Labute approximate surface area is 149 Å². The molecule has 1 heterocycles. The highest BCUT2D eigenvalue weighted by Gasteiger charge is 2.23. The van der Waals surface area contributed by atoms with E-state index in [9.17, 15) is 18.0 Å². The predicted octanol–water partition coefficient (Wildman–Crippen LogP) is -0.285. The normalized spacial score (nSPS) is 11.7. The van der Waals surface area contributed by atoms with Gasteiger partial charge in [-0.15, -0.1) is 0 Å². The van der Waals surface area contributed by atoms with Crippen molar-refractivity contribution in [1.29, 1.82) is 0 Å². The molecule has 0 atom stereocenters. The first-order valence-corrected chi connectivity index (χ1v) is 9.04. The number of hydrogen-bond acceptors (Lipinski definition) is 6. The second-order valence-electron chi connectivity index (χ2n) is 5.30. The van der Waals surface area contributed by atoms with E-state index in [-0.39, 0.29) is 31.2 Å². The predicted molar refractivity (Wildman–Crippen MR) is 92.4 cm³/mol. The summed E-state index contributed by atoms with van der Waals surface area (Å²) in [5, 5.41) is 26.8. The van der Waals surface area contributed by atoms with Gasteiger partial charge in [-0.3, -0.25) is 4.79 Å². The van der Waals surface area contributed by atoms with E-state index in [4.69, 9.17) is 15.3 Å². The number of aromatic carboxylic acids is 1. The Hall–Kier alpha value is -2.53. The number of aliphatic hydroxyl groups excluding tert-OH is 2. The standard InChI is InChI=1S/C16H18N2O7S/c19-9-7-18(8-10-20)26(24,25)12-3-1-11(2-4-12)14-6-5-13(16(22)23)15(21)17-14/h1-6,19-20H,7-10H2,(H,17,21)(H,22,23). The molecular formula is C16H18N2O7S. The van der Waals surface area contributed by atoms with Gasteiger partial charge in [0.2, 0.25) is 10.0 Å². The van der Waals surface area contributed by atoms with E-state index in [1.165, 1.54) is 36.4 Å². The van der Waals surface area contributed by atoms with E-state index in [1.54, 1.807) is 0 Å². The molecule has 0 fully saturated rings. The Morgan fingerprint density at radius 1 is 1.00 bits per heavy atom. The third-order valence-corrected chi connectivity index (χ3v) is 5.55. The minimum atomic E-state index is -3.89. The van der Waals surface area contributed by atoms with Crippen LogP contribution in [-0.4, -0.2) is 65.3 Å². The summed E-state index contributed by atoms with van der Waals surface area (Å²) in [4.78, 5) is 25.0. The minimum absolute atomic E-state index is 0.0346. The van der Waals surface area contributed by atoms with Gasteiger partial charge in [0, 0.05) is 18.8 Å². The zero-order valence-electron chi connectivity index (χ0n) is 13.6. The molecule has 0 saturated heterocycles. The number of carbonyl (C=O) groups is 1. The summed E-state index contributed by atoms with van der Waals surface area (Å²) in [7, 11) is -3.89. The molecule has 1 aromatic heterocycles. The lowest BCUT2D eigenvalue weighted by Gasteiger charge is -2.20. The third kappa shape index (κ3) is 4.17. The number of carboxylic acid groups (broad SMARTS) is 1. The average Bonchev–Trinajstić information content (AvgIpc) is 2.61. The fourth-order valence-corrected chi connectivity index (χ4v) is 3.76. The van der Waals surface area contributed by atoms with Gasteiger partial charge in [-0.1, -0.05) is 12.1 Å². The second kappa shape index (κ2) is 8.23. The van der Waals surface area contributed by atoms with Crippen molar-refractivity contribution >= 4 is 16.0 Å². The van der Waals surface area contributed by atoms with Crippen LogP contribution in [0.25, 0.3) is 11.3 Å². The van der Waals surface area contributed by atoms with Gasteiger partial charge >= 0.3 is 5.97 Å². The molecule has 0 unspecified atom stereocenters. The second-order valence-corrected chi connectivity index (χ2v) is 7.23. The lowest BCUT2D eigenvalue weighted by Crippen LogP contribution is -2.35. The van der Waals surface area contributed by atoms with Crippen molar-refractivity contribution in [1.82, 2.24) is 9.29 Å². The zero-order valence-corrected chi connectivity index (χ0v) is 14.4. The first-order chi connectivity index (χ1) is 12.3. The molecule has 0 aliphatic carbocycles. The number of benzene rings is 1. The van der Waals surface area contributed by atoms with Crippen molar-refractivity contribution in [2.24, 2.45) is 0 Å². The van der Waals surface area contributed by atoms with E-state index in [2.05, 4.69) is 4.98 Å². The number of nitrogens with one attached hydrogen (secondary N) is 1. The van der Waals surface area contributed by atoms with Crippen LogP contribution in [0.3, 0.4) is 0 Å². The van der Waals surface area contributed by atoms with Gasteiger partial charge in [0.25, 0.3) is 5.56 Å². The van der Waals surface area contributed by atoms with E-state index >= 15 is 0 Å². The molecule has 0 spiro atoms. The molecule has 2 rings (SSSR count). The van der Waals surface area contributed by atoms with Crippen molar-refractivity contribution in [2.45, 2.75) is 4.90 Å². The maximum absolute atomic E-state index is 12.5. The minimum Gasteiger partial charge on any atom is -0.477 e. The van der Waals surface area contributed by atoms with Crippen LogP contribution < -0.4 is 5.56 Å². The fraction of sp³-hybridized carbons (Fsp3) is 0.250. The van der Waals surface area contributed by atoms with Gasteiger partial charge in [-0.2, -0.15) is 4.31 Å². The molecule has 0 bridgehead atoms. The van der Waals surface area contributed by atoms with Crippen molar-refractivity contribution < 1.29 is 28.5 Å². The number of sulfonamides is 1. The van der Waals surface area contributed by atoms with E-state index in [1.807, 2.05) is 0 Å². The van der Waals surface area contributed by atoms with Crippen molar-refractivity contribution in [3.8, 4) is 11.3 Å². The molecule has 10 heteroatoms. The van der Waals surface area contributed by atoms with E-state index in [0.29, 0.717) is 11.3 Å². The number of aromatic amines is 1. The smallest absolute Gasteiger partial charge is 0.341 e. The number of rotatable bonds is 8. The Morgan fingerprint density at radius 3 is 2.04 bits per heavy atom. The molecule has 140 valence electrons. The first kappa shape index (κ1) is 19.8. The third-order valence-electron chi connectivity index (χ3n) is 3.64. The summed E-state index contributed by atoms with van der Waals surface area (Å²) in [6.07, 6.45) is 0. The molecule has 0 aliphatic heterocycles. The van der Waals surface area contributed by atoms with Crippen LogP contribution in [0.15, 0.2) is 46.1 Å². The summed E-state index contributed by atoms with van der Waals surface area (Å²) in [6.45, 7) is -1.05. The number of aromatic nitrogens is 1. The molecular weight excluding hydrogens is 364 g/mol. The largest absolute Gasteiger partial charge is 0.477 e. The highest BCUT2D eigenvalue weighted by molar-refractivity contribution is 7.89. The summed E-state index contributed by atoms with van der Waals surface area (Å²) >= 11 is 0. The number of H-pyrrole nitrogens is 1. The number of nitrogens with zero attached hydrogens (tertiary/aromatic N) is 1. The zero-order chi connectivity index (χ0) is 19.3. The van der Waals surface area contributed by atoms with E-state index in [0.717, 1.165) is 4.31 Å². The SMILES string of the molecule is O=C(O)c1ccc(-c2ccc(S(=O)(=O)N(CCO)CCO)cc2)[nH]c1=O. The van der Waals surface area contributed by atoms with Crippen LogP contribution in [0.5, 0.6) is 0 Å². The number of aliphatic hydroxyl groups is 2. The molecule has 0 radical (unpaired) electrons. The summed E-state index contributed by atoms with van der Waals surface area (Å²) in [6, 6.07) is 8.18. The van der Waals surface area contributed by atoms with Gasteiger partial charge in [0.05, 0.1) is 18.1 Å². The molecule has 4 N–H and O–H groups in total. The highest BCUT2D eigenvalue weighted by atomic mass is 32.2. The maximum Gasteiger partial charge on any atom is 0.341 e. The Balaban J connectivity index is 2.34. The van der Waals surface area contributed by atoms with Crippen molar-refractivity contribution in [2.75, 3.05) is 26.3 Å². The molecule has 2 aromatic rings. The van der Waals surface area contributed by atoms with Gasteiger partial charge in [-0.05, 0) is 29.8 Å². The summed E-state index contributed by atoms with van der Waals surface area (Å²) < 4.78 is 26.0. The topological polar surface area (TPSA) is 148 Å². The van der Waals surface area contributed by atoms with Gasteiger partial charge in [-0.25, -0.2) is 13.2 Å². The number of hydrogen-bond donors (Lipinski definition) is 4. The van der Waals surface area contributed by atoms with Gasteiger partial charge in [0.1, 0.15) is 5.56 Å². The summed E-state index contributed by atoms with van der Waals surface area (Å²) in [5.41, 5.74) is -0.319. The first-order valence-electron chi connectivity index (χ1n) is 7.60. The summed E-state index contributed by atoms with van der Waals surface area (Å²) in [5.74, 6) is -1.34. The molecule has 1 aromatic carbocycles. The Bertz CT molecular complexity index is 930. The van der Waals surface area contributed by atoms with E-state index < -0.39 is 27.1 Å². The number of pyridine rings is 1. The van der Waals surface area contributed by atoms with Gasteiger partial charge < -0.3 is 20.3 Å². The molecule has 26 heavy (non-hydrogen) atoms. The van der Waals surface area contributed by atoms with Crippen LogP contribution >= 0.6 is 0 Å². The lowest BCUT2D eigenvalue weighted by atomic mass is 10.1. The monoisotopic (exact) mass is 382 g/mol. The maximum atomic E-state index is 12.5. The van der Waals surface area contributed by atoms with Crippen LogP contribution in [0, 0.1) is 0 Å². The van der Waals surface area contributed by atoms with Crippen LogP contribution in [0.1, 0.15) is 10.4 Å². The van der Waals surface area contributed by atoms with Crippen LogP contribution in [0.2, 0.25) is 0 Å². The highest BCUT2D eigenvalue weighted by Crippen LogP contribution is 2.21. The Morgan fingerprint density at radius 2 is 1.58 bits per heavy atom. The molecule has 9 nitrogen and oxygen atoms in total. The fourth-order valence-electron chi connectivity index (χ4n) is 2.34. The van der Waals surface area contributed by atoms with Crippen LogP contribution in [0.4, 0.5) is 0 Å². The van der Waals surface area contributed by atoms with Gasteiger partial charge in [0.15, 0.2) is 0 Å². The van der Waals surface area contributed by atoms with Crippen molar-refractivity contribution in [3.63, 3.8) is 0 Å². The molecule has 0 aliphatic rings. The molecule has 0 saturated carbocycles. The van der Waals surface area contributed by atoms with Crippen molar-refractivity contribution in [3.05, 3.63) is 52.3 Å². The quantitative estimate of drug-likeness (QED) is 0.490. The average molecular weight is 382 g/mol. The lowest BCUT2D eigenvalue weighted by molar-refractivity contribution is 0.0695. The Kier molecular flexibility index (Phi) is 6.27. The number of carboxylic acids is 1. The van der Waals surface area contributed by atoms with Crippen LogP contribution in [-0.2, 0) is 10.0 Å². The molecule has 0 amide bonds.